The van der Waals surface area contributed by atoms with Gasteiger partial charge in [-0.05, 0) is 52.5 Å². The molecule has 0 saturated carbocycles. The van der Waals surface area contributed by atoms with Crippen molar-refractivity contribution in [1.29, 1.82) is 0 Å². The highest BCUT2D eigenvalue weighted by Gasteiger charge is 2.36. The van der Waals surface area contributed by atoms with Crippen LogP contribution in [-0.2, 0) is 14.8 Å². The Morgan fingerprint density at radius 2 is 1.79 bits per heavy atom. The van der Waals surface area contributed by atoms with Gasteiger partial charge in [-0.1, -0.05) is 18.5 Å². The number of carbonyl (C=O) groups excluding carboxylic acids is 1. The van der Waals surface area contributed by atoms with Crippen molar-refractivity contribution < 1.29 is 17.7 Å². The summed E-state index contributed by atoms with van der Waals surface area (Å²) in [5.41, 5.74) is 0.382. The van der Waals surface area contributed by atoms with Crippen LogP contribution in [0.1, 0.15) is 56.9 Å². The van der Waals surface area contributed by atoms with E-state index in [1.54, 1.807) is 13.8 Å². The maximum absolute atomic E-state index is 12.9. The summed E-state index contributed by atoms with van der Waals surface area (Å²) < 4.78 is 32.3. The predicted molar refractivity (Wildman–Crippen MR) is 110 cm³/mol. The van der Waals surface area contributed by atoms with Crippen LogP contribution in [0.25, 0.3) is 0 Å². The Kier molecular flexibility index (Phi) is 7.34. The van der Waals surface area contributed by atoms with Gasteiger partial charge in [-0.25, -0.2) is 8.42 Å². The lowest BCUT2D eigenvalue weighted by atomic mass is 9.96. The Balaban J connectivity index is 1.48. The number of nitrogens with zero attached hydrogens (tertiary/aromatic N) is 3. The molecule has 1 aromatic rings. The van der Waals surface area contributed by atoms with Crippen LogP contribution < -0.4 is 5.32 Å². The number of hydrogen-bond donors (Lipinski definition) is 1. The first-order chi connectivity index (χ1) is 13.8. The van der Waals surface area contributed by atoms with Gasteiger partial charge in [-0.15, -0.1) is 0 Å². The second-order valence-electron chi connectivity index (χ2n) is 8.31. The quantitative estimate of drug-likeness (QED) is 0.717. The van der Waals surface area contributed by atoms with E-state index in [2.05, 4.69) is 22.3 Å². The van der Waals surface area contributed by atoms with Gasteiger partial charge in [0.15, 0.2) is 5.76 Å². The maximum Gasteiger partial charge on any atom is 0.248 e. The molecule has 164 valence electrons. The Bertz CT molecular complexity index is 772. The number of nitrogens with one attached hydrogen (secondary N) is 1. The molecule has 3 heterocycles. The van der Waals surface area contributed by atoms with Crippen LogP contribution in [0, 0.1) is 19.8 Å². The molecule has 2 aliphatic rings. The first kappa shape index (κ1) is 22.2. The molecule has 0 aliphatic carbocycles. The highest BCUT2D eigenvalue weighted by atomic mass is 32.2. The molecule has 0 bridgehead atoms. The summed E-state index contributed by atoms with van der Waals surface area (Å²) in [6, 6.07) is 0.240. The zero-order valence-electron chi connectivity index (χ0n) is 17.8. The van der Waals surface area contributed by atoms with Gasteiger partial charge < -0.3 is 14.7 Å². The minimum Gasteiger partial charge on any atom is -0.360 e. The number of unbranched alkanes of at least 4 members (excludes halogenated alkanes) is 1. The summed E-state index contributed by atoms with van der Waals surface area (Å²) in [5, 5.41) is 6.96. The highest BCUT2D eigenvalue weighted by Crippen LogP contribution is 2.28. The monoisotopic (exact) mass is 426 g/mol. The van der Waals surface area contributed by atoms with E-state index in [-0.39, 0.29) is 22.8 Å². The lowest BCUT2D eigenvalue weighted by molar-refractivity contribution is -0.127. The molecule has 0 unspecified atom stereocenters. The Morgan fingerprint density at radius 1 is 1.14 bits per heavy atom. The second-order valence-corrected chi connectivity index (χ2v) is 10.2. The van der Waals surface area contributed by atoms with E-state index in [4.69, 9.17) is 4.52 Å². The smallest absolute Gasteiger partial charge is 0.248 e. The minimum absolute atomic E-state index is 0.0754. The second kappa shape index (κ2) is 9.57. The third-order valence-electron chi connectivity index (χ3n) is 6.15. The molecule has 0 aromatic carbocycles. The molecule has 2 saturated heterocycles. The van der Waals surface area contributed by atoms with Crippen LogP contribution in [0.4, 0.5) is 0 Å². The van der Waals surface area contributed by atoms with E-state index >= 15 is 0 Å². The molecule has 1 amide bonds. The average Bonchev–Trinajstić information content (AvgIpc) is 3.06. The van der Waals surface area contributed by atoms with Crippen LogP contribution in [0.5, 0.6) is 0 Å². The van der Waals surface area contributed by atoms with Crippen molar-refractivity contribution in [3.8, 4) is 0 Å². The molecular weight excluding hydrogens is 392 g/mol. The number of sulfonamides is 1. The van der Waals surface area contributed by atoms with Crippen molar-refractivity contribution in [3.63, 3.8) is 0 Å². The summed E-state index contributed by atoms with van der Waals surface area (Å²) in [5.74, 6) is 0.267. The van der Waals surface area contributed by atoms with E-state index in [0.717, 1.165) is 32.5 Å². The minimum atomic E-state index is -3.63. The van der Waals surface area contributed by atoms with Crippen molar-refractivity contribution in [1.82, 2.24) is 19.7 Å². The van der Waals surface area contributed by atoms with E-state index in [1.165, 1.54) is 17.1 Å². The number of likely N-dealkylation sites (tertiary alicyclic amines) is 1. The van der Waals surface area contributed by atoms with Crippen molar-refractivity contribution >= 4 is 15.9 Å². The molecule has 9 heteroatoms. The molecule has 0 spiro atoms. The summed E-state index contributed by atoms with van der Waals surface area (Å²) in [4.78, 5) is 15.3. The van der Waals surface area contributed by atoms with Gasteiger partial charge in [0.05, 0.1) is 0 Å². The Hall–Kier alpha value is -1.45. The van der Waals surface area contributed by atoms with Crippen LogP contribution in [0.2, 0.25) is 0 Å². The molecule has 8 nitrogen and oxygen atoms in total. The van der Waals surface area contributed by atoms with Crippen molar-refractivity contribution in [2.45, 2.75) is 70.2 Å². The summed E-state index contributed by atoms with van der Waals surface area (Å²) >= 11 is 0. The van der Waals surface area contributed by atoms with Gasteiger partial charge in [0.25, 0.3) is 0 Å². The normalized spacial score (nSPS) is 20.8. The fourth-order valence-corrected chi connectivity index (χ4v) is 6.09. The van der Waals surface area contributed by atoms with Crippen LogP contribution in [0.15, 0.2) is 9.42 Å². The third-order valence-corrected chi connectivity index (χ3v) is 8.30. The highest BCUT2D eigenvalue weighted by molar-refractivity contribution is 7.89. The molecule has 2 fully saturated rings. The number of aromatic nitrogens is 1. The SMILES string of the molecule is CCCCN1CCC(NC(=O)C2CCN(S(=O)(=O)c3c(C)noc3C)CC2)CC1. The van der Waals surface area contributed by atoms with Gasteiger partial charge in [0.2, 0.25) is 15.9 Å². The first-order valence-electron chi connectivity index (χ1n) is 10.8. The topological polar surface area (TPSA) is 95.8 Å². The first-order valence-corrected chi connectivity index (χ1v) is 12.2. The van der Waals surface area contributed by atoms with Crippen LogP contribution in [-0.4, -0.2) is 67.5 Å². The Morgan fingerprint density at radius 3 is 2.34 bits per heavy atom. The lowest BCUT2D eigenvalue weighted by Gasteiger charge is -2.34. The zero-order valence-corrected chi connectivity index (χ0v) is 18.6. The van der Waals surface area contributed by atoms with E-state index in [9.17, 15) is 13.2 Å². The number of hydrogen-bond acceptors (Lipinski definition) is 6. The molecule has 0 atom stereocenters. The van der Waals surface area contributed by atoms with E-state index < -0.39 is 10.0 Å². The number of aryl methyl sites for hydroxylation is 2. The fourth-order valence-electron chi connectivity index (χ4n) is 4.33. The maximum atomic E-state index is 12.9. The molecule has 29 heavy (non-hydrogen) atoms. The Labute approximate surface area is 174 Å². The molecule has 3 rings (SSSR count). The van der Waals surface area contributed by atoms with Gasteiger partial charge in [0, 0.05) is 38.1 Å². The van der Waals surface area contributed by atoms with Crippen LogP contribution >= 0.6 is 0 Å². The summed E-state index contributed by atoms with van der Waals surface area (Å²) in [7, 11) is -3.63. The van der Waals surface area contributed by atoms with Gasteiger partial charge in [-0.3, -0.25) is 4.79 Å². The molecule has 2 aliphatic heterocycles. The average molecular weight is 427 g/mol. The fraction of sp³-hybridized carbons (Fsp3) is 0.800. The van der Waals surface area contributed by atoms with Gasteiger partial charge in [-0.2, -0.15) is 4.31 Å². The molecule has 1 N–H and O–H groups in total. The summed E-state index contributed by atoms with van der Waals surface area (Å²) in [6.07, 6.45) is 5.52. The molecule has 0 radical (unpaired) electrons. The number of rotatable bonds is 7. The third kappa shape index (κ3) is 5.19. The van der Waals surface area contributed by atoms with Crippen molar-refractivity contribution in [2.75, 3.05) is 32.7 Å². The van der Waals surface area contributed by atoms with Crippen LogP contribution in [0.3, 0.4) is 0 Å². The number of piperidine rings is 2. The van der Waals surface area contributed by atoms with Crippen molar-refractivity contribution in [2.24, 2.45) is 5.92 Å². The van der Waals surface area contributed by atoms with E-state index in [0.29, 0.717) is 37.4 Å². The van der Waals surface area contributed by atoms with Crippen molar-refractivity contribution in [3.05, 3.63) is 11.5 Å². The zero-order chi connectivity index (χ0) is 21.0. The molecular formula is C20H34N4O4S. The standard InChI is InChI=1S/C20H34N4O4S/c1-4-5-10-23-11-8-18(9-12-23)21-20(25)17-6-13-24(14-7-17)29(26,27)19-15(2)22-28-16(19)3/h17-18H,4-14H2,1-3H3,(H,21,25). The lowest BCUT2D eigenvalue weighted by Crippen LogP contribution is -2.48. The number of carbonyl (C=O) groups is 1. The number of amides is 1. The molecule has 1 aromatic heterocycles. The van der Waals surface area contributed by atoms with Gasteiger partial charge in [0.1, 0.15) is 10.6 Å². The largest absolute Gasteiger partial charge is 0.360 e. The summed E-state index contributed by atoms with van der Waals surface area (Å²) in [6.45, 7) is 9.38. The van der Waals surface area contributed by atoms with E-state index in [1.807, 2.05) is 0 Å². The predicted octanol–water partition coefficient (Wildman–Crippen LogP) is 2.07. The van der Waals surface area contributed by atoms with Gasteiger partial charge >= 0.3 is 0 Å².